The number of carbonyl (C=O) groups excluding carboxylic acids is 2. The summed E-state index contributed by atoms with van der Waals surface area (Å²) in [7, 11) is 0. The lowest BCUT2D eigenvalue weighted by molar-refractivity contribution is -0.185. The van der Waals surface area contributed by atoms with Gasteiger partial charge in [-0.05, 0) is 61.3 Å². The largest absolute Gasteiger partial charge is 0.421 e. The summed E-state index contributed by atoms with van der Waals surface area (Å²) in [5.74, 6) is -1.38. The summed E-state index contributed by atoms with van der Waals surface area (Å²) in [6.07, 6.45) is 15.8. The van der Waals surface area contributed by atoms with E-state index in [1.165, 1.54) is 38.5 Å². The summed E-state index contributed by atoms with van der Waals surface area (Å²) in [4.78, 5) is 24.4. The number of benzene rings is 2. The Morgan fingerprint density at radius 1 is 0.974 bits per heavy atom. The lowest BCUT2D eigenvalue weighted by Crippen LogP contribution is -2.30. The minimum Gasteiger partial charge on any atom is -0.421 e. The maximum Gasteiger partial charge on any atom is 0.341 e. The number of carbonyl (C=O) groups is 2. The quantitative estimate of drug-likeness (QED) is 0.191. The number of aromatic nitrogens is 2. The van der Waals surface area contributed by atoms with Crippen LogP contribution in [0.15, 0.2) is 52.9 Å². The van der Waals surface area contributed by atoms with Gasteiger partial charge in [0.15, 0.2) is 0 Å². The Morgan fingerprint density at radius 2 is 1.64 bits per heavy atom. The van der Waals surface area contributed by atoms with Crippen LogP contribution in [-0.2, 0) is 20.1 Å². The number of hydrogen-bond donors (Lipinski definition) is 1. The molecule has 2 fully saturated rings. The van der Waals surface area contributed by atoms with Gasteiger partial charge in [0, 0.05) is 21.9 Å². The molecule has 2 heterocycles. The molecule has 1 aromatic heterocycles. The van der Waals surface area contributed by atoms with Crippen LogP contribution >= 0.6 is 23.5 Å². The van der Waals surface area contributed by atoms with Gasteiger partial charge in [-0.15, -0.1) is 11.8 Å². The van der Waals surface area contributed by atoms with E-state index in [-0.39, 0.29) is 0 Å². The lowest BCUT2D eigenvalue weighted by atomic mass is 9.80. The van der Waals surface area contributed by atoms with Gasteiger partial charge in [0.25, 0.3) is 5.79 Å². The molecule has 0 bridgehead atoms. The molecule has 39 heavy (non-hydrogen) atoms. The molecule has 2 aromatic carbocycles. The third-order valence-corrected chi connectivity index (χ3v) is 9.54. The first-order chi connectivity index (χ1) is 19.0. The van der Waals surface area contributed by atoms with Crippen LogP contribution in [-0.4, -0.2) is 32.4 Å². The Kier molecular flexibility index (Phi) is 9.15. The number of cyclic esters (lactones) is 1. The van der Waals surface area contributed by atoms with Crippen molar-refractivity contribution in [3.63, 3.8) is 0 Å². The van der Waals surface area contributed by atoms with Crippen molar-refractivity contribution in [2.45, 2.75) is 81.3 Å². The lowest BCUT2D eigenvalue weighted by Gasteiger charge is -2.29. The third-order valence-electron chi connectivity index (χ3n) is 8.24. The number of thioether (sulfide) groups is 1. The van der Waals surface area contributed by atoms with E-state index in [2.05, 4.69) is 8.75 Å². The van der Waals surface area contributed by atoms with Crippen molar-refractivity contribution < 1.29 is 19.4 Å². The monoisotopic (exact) mass is 564 g/mol. The van der Waals surface area contributed by atoms with Gasteiger partial charge in [0.2, 0.25) is 0 Å². The summed E-state index contributed by atoms with van der Waals surface area (Å²) in [6, 6.07) is 13.2. The van der Waals surface area contributed by atoms with E-state index < -0.39 is 11.8 Å². The van der Waals surface area contributed by atoms with Gasteiger partial charge in [-0.3, -0.25) is 0 Å². The van der Waals surface area contributed by atoms with E-state index in [9.17, 15) is 14.7 Å². The van der Waals surface area contributed by atoms with Gasteiger partial charge < -0.3 is 14.6 Å². The SMILES string of the molecule is CSc1ccc(C2(O)OC(=O)C(c3ccc4nsnc4c3)=C2CC2CCCCC2)cc1.O=CC1CCCCC1. The molecule has 0 spiro atoms. The van der Waals surface area contributed by atoms with Crippen LogP contribution < -0.4 is 0 Å². The average molecular weight is 565 g/mol. The van der Waals surface area contributed by atoms with E-state index in [1.54, 1.807) is 11.8 Å². The zero-order valence-electron chi connectivity index (χ0n) is 22.4. The van der Waals surface area contributed by atoms with Gasteiger partial charge in [0.1, 0.15) is 17.3 Å². The highest BCUT2D eigenvalue weighted by Crippen LogP contribution is 2.47. The van der Waals surface area contributed by atoms with E-state index >= 15 is 0 Å². The van der Waals surface area contributed by atoms with Crippen molar-refractivity contribution in [3.05, 3.63) is 59.2 Å². The fourth-order valence-corrected chi connectivity index (χ4v) is 6.94. The molecule has 1 unspecified atom stereocenters. The standard InChI is InChI=1S/C24H24N2O3S2.C7H12O/c1-30-18-10-8-17(9-11-18)24(28)19(13-15-5-3-2-4-6-15)22(23(27)29-24)16-7-12-20-21(14-16)26-31-25-20;8-6-7-4-2-1-3-5-7/h7-12,14-15,28H,2-6,13H2,1H3;6-7H,1-5H2. The molecule has 1 aliphatic heterocycles. The van der Waals surface area contributed by atoms with E-state index in [0.29, 0.717) is 35.0 Å². The maximum absolute atomic E-state index is 13.1. The van der Waals surface area contributed by atoms with Gasteiger partial charge >= 0.3 is 5.97 Å². The van der Waals surface area contributed by atoms with Crippen LogP contribution in [0.1, 0.15) is 81.8 Å². The Balaban J connectivity index is 0.000000332. The first-order valence-electron chi connectivity index (χ1n) is 14.0. The fraction of sp³-hybridized carbons (Fsp3) is 0.484. The first kappa shape index (κ1) is 28.0. The summed E-state index contributed by atoms with van der Waals surface area (Å²) < 4.78 is 14.3. The second-order valence-electron chi connectivity index (χ2n) is 10.8. The van der Waals surface area contributed by atoms with Crippen molar-refractivity contribution in [3.8, 4) is 0 Å². The van der Waals surface area contributed by atoms with E-state index in [4.69, 9.17) is 4.74 Å². The number of aliphatic hydroxyl groups is 1. The number of esters is 1. The smallest absolute Gasteiger partial charge is 0.341 e. The molecule has 1 atom stereocenters. The molecule has 206 valence electrons. The fourth-order valence-electron chi connectivity index (χ4n) is 6.01. The molecule has 3 aromatic rings. The zero-order valence-corrected chi connectivity index (χ0v) is 24.1. The Hall–Kier alpha value is -2.55. The topological polar surface area (TPSA) is 89.4 Å². The third kappa shape index (κ3) is 6.28. The van der Waals surface area contributed by atoms with Crippen LogP contribution in [0.4, 0.5) is 0 Å². The molecule has 6 nitrogen and oxygen atoms in total. The average Bonchev–Trinajstić information content (AvgIpc) is 3.56. The second-order valence-corrected chi connectivity index (χ2v) is 12.2. The highest BCUT2D eigenvalue weighted by molar-refractivity contribution is 7.98. The van der Waals surface area contributed by atoms with Crippen molar-refractivity contribution in [2.75, 3.05) is 6.26 Å². The van der Waals surface area contributed by atoms with Crippen LogP contribution in [0.25, 0.3) is 16.6 Å². The Morgan fingerprint density at radius 3 is 2.28 bits per heavy atom. The molecule has 3 aliphatic rings. The van der Waals surface area contributed by atoms with Crippen LogP contribution in [0.2, 0.25) is 0 Å². The highest BCUT2D eigenvalue weighted by atomic mass is 32.2. The van der Waals surface area contributed by atoms with E-state index in [1.807, 2.05) is 48.7 Å². The number of fused-ring (bicyclic) bond motifs is 1. The van der Waals surface area contributed by atoms with Crippen LogP contribution in [0.3, 0.4) is 0 Å². The highest BCUT2D eigenvalue weighted by Gasteiger charge is 2.48. The number of hydrogen-bond acceptors (Lipinski definition) is 8. The normalized spacial score (nSPS) is 22.5. The second kappa shape index (κ2) is 12.7. The molecule has 8 heteroatoms. The summed E-state index contributed by atoms with van der Waals surface area (Å²) >= 11 is 2.79. The van der Waals surface area contributed by atoms with Crippen LogP contribution in [0.5, 0.6) is 0 Å². The summed E-state index contributed by atoms with van der Waals surface area (Å²) in [6.45, 7) is 0. The number of aldehydes is 1. The van der Waals surface area contributed by atoms with Crippen molar-refractivity contribution >= 4 is 52.4 Å². The molecule has 2 saturated carbocycles. The number of nitrogens with zero attached hydrogens (tertiary/aromatic N) is 2. The first-order valence-corrected chi connectivity index (χ1v) is 16.0. The molecule has 1 N–H and O–H groups in total. The van der Waals surface area contributed by atoms with E-state index in [0.717, 1.165) is 65.2 Å². The molecule has 6 rings (SSSR count). The minimum absolute atomic E-state index is 0.406. The molecule has 0 radical (unpaired) electrons. The Bertz CT molecular complexity index is 1320. The van der Waals surface area contributed by atoms with Crippen molar-refractivity contribution in [1.82, 2.24) is 8.75 Å². The van der Waals surface area contributed by atoms with Crippen molar-refractivity contribution in [2.24, 2.45) is 11.8 Å². The zero-order chi connectivity index (χ0) is 27.2. The predicted octanol–water partition coefficient (Wildman–Crippen LogP) is 7.30. The molecular weight excluding hydrogens is 528 g/mol. The predicted molar refractivity (Wildman–Crippen MR) is 156 cm³/mol. The Labute approximate surface area is 238 Å². The molecule has 2 aliphatic carbocycles. The van der Waals surface area contributed by atoms with Gasteiger partial charge in [-0.2, -0.15) is 8.75 Å². The number of rotatable bonds is 6. The maximum atomic E-state index is 13.1. The number of ether oxygens (including phenoxy) is 1. The summed E-state index contributed by atoms with van der Waals surface area (Å²) in [5, 5.41) is 11.8. The minimum atomic E-state index is -1.74. The van der Waals surface area contributed by atoms with Gasteiger partial charge in [-0.1, -0.05) is 69.6 Å². The van der Waals surface area contributed by atoms with Crippen molar-refractivity contribution in [1.29, 1.82) is 0 Å². The molecular formula is C31H36N2O4S2. The molecule has 0 saturated heterocycles. The molecule has 0 amide bonds. The van der Waals surface area contributed by atoms with Gasteiger partial charge in [0.05, 0.1) is 17.3 Å². The van der Waals surface area contributed by atoms with Gasteiger partial charge in [-0.25, -0.2) is 4.79 Å². The summed E-state index contributed by atoms with van der Waals surface area (Å²) in [5.41, 5.74) is 4.02. The van der Waals surface area contributed by atoms with Crippen LogP contribution in [0, 0.1) is 11.8 Å².